The van der Waals surface area contributed by atoms with Gasteiger partial charge in [0.1, 0.15) is 11.8 Å². The lowest BCUT2D eigenvalue weighted by molar-refractivity contribution is -0.194. The second-order valence-electron chi connectivity index (χ2n) is 7.91. The molecule has 2 saturated carbocycles. The third-order valence-corrected chi connectivity index (χ3v) is 6.52. The van der Waals surface area contributed by atoms with E-state index >= 15 is 8.78 Å². The molecule has 11 heteroatoms. The first-order valence-corrected chi connectivity index (χ1v) is 8.68. The van der Waals surface area contributed by atoms with E-state index in [1.807, 2.05) is 0 Å². The minimum Gasteiger partial charge on any atom is -0.481 e. The van der Waals surface area contributed by atoms with Crippen LogP contribution in [-0.4, -0.2) is 56.8 Å². The van der Waals surface area contributed by atoms with Crippen LogP contribution in [0.25, 0.3) is 0 Å². The monoisotopic (exact) mass is 418 g/mol. The molecule has 8 atom stereocenters. The molecular weight excluding hydrogens is 404 g/mol. The SMILES string of the molecule is O=C(O)C1C2C=CC(F)(C2)C1(F)C(=O)OC(=O)C1(F)C(C(=O)O)C2C=CC1(F)C2. The maximum Gasteiger partial charge on any atom is 0.356 e. The molecule has 29 heavy (non-hydrogen) atoms. The fourth-order valence-electron chi connectivity index (χ4n) is 5.15. The first kappa shape index (κ1) is 19.6. The molecule has 2 N–H and O–H groups in total. The summed E-state index contributed by atoms with van der Waals surface area (Å²) >= 11 is 0. The second kappa shape index (κ2) is 5.45. The van der Waals surface area contributed by atoms with Crippen LogP contribution in [0.4, 0.5) is 17.6 Å². The standard InChI is InChI=1S/C18H14F4O7/c19-15-3-1-7(5-15)9(11(23)24)17(15,21)13(27)29-14(28)18(22)10(12(25)26)8-2-4-16(18,20)6-8/h1-4,7-10H,5-6H2,(H,23,24)(H,25,26). The fourth-order valence-corrected chi connectivity index (χ4v) is 5.15. The fraction of sp³-hybridized carbons (Fsp3) is 0.556. The average molecular weight is 418 g/mol. The normalized spacial score (nSPS) is 48.8. The van der Waals surface area contributed by atoms with Crippen molar-refractivity contribution < 1.29 is 51.7 Å². The van der Waals surface area contributed by atoms with E-state index in [0.717, 1.165) is 12.2 Å². The molecule has 4 aliphatic carbocycles. The van der Waals surface area contributed by atoms with Crippen molar-refractivity contribution in [1.82, 2.24) is 0 Å². The Morgan fingerprint density at radius 1 is 0.759 bits per heavy atom. The van der Waals surface area contributed by atoms with E-state index in [0.29, 0.717) is 12.2 Å². The van der Waals surface area contributed by atoms with Crippen molar-refractivity contribution in [2.75, 3.05) is 0 Å². The quantitative estimate of drug-likeness (QED) is 0.307. The van der Waals surface area contributed by atoms with Crippen LogP contribution in [0.1, 0.15) is 12.8 Å². The van der Waals surface area contributed by atoms with Gasteiger partial charge in [-0.3, -0.25) is 9.59 Å². The van der Waals surface area contributed by atoms with Crippen molar-refractivity contribution in [1.29, 1.82) is 0 Å². The number of hydrogen-bond donors (Lipinski definition) is 2. The van der Waals surface area contributed by atoms with Gasteiger partial charge in [0.25, 0.3) is 11.3 Å². The molecule has 156 valence electrons. The number of allylic oxidation sites excluding steroid dienone is 4. The first-order valence-electron chi connectivity index (χ1n) is 8.68. The largest absolute Gasteiger partial charge is 0.481 e. The molecule has 0 aliphatic heterocycles. The highest BCUT2D eigenvalue weighted by atomic mass is 19.2. The molecule has 0 aromatic carbocycles. The van der Waals surface area contributed by atoms with Crippen molar-refractivity contribution >= 4 is 23.9 Å². The van der Waals surface area contributed by atoms with Crippen LogP contribution in [0.2, 0.25) is 0 Å². The molecule has 0 amide bonds. The molecular formula is C18H14F4O7. The van der Waals surface area contributed by atoms with E-state index in [-0.39, 0.29) is 0 Å². The first-order chi connectivity index (χ1) is 13.3. The molecule has 0 aromatic heterocycles. The molecule has 0 radical (unpaired) electrons. The summed E-state index contributed by atoms with van der Waals surface area (Å²) in [7, 11) is 0. The maximum atomic E-state index is 15.4. The summed E-state index contributed by atoms with van der Waals surface area (Å²) < 4.78 is 64.9. The summed E-state index contributed by atoms with van der Waals surface area (Å²) in [6.07, 6.45) is 1.98. The molecule has 2 fully saturated rings. The number of carbonyl (C=O) groups excluding carboxylic acids is 2. The molecule has 8 unspecified atom stereocenters. The third kappa shape index (κ3) is 2.07. The van der Waals surface area contributed by atoms with Crippen molar-refractivity contribution in [3.63, 3.8) is 0 Å². The van der Waals surface area contributed by atoms with Gasteiger partial charge in [0.15, 0.2) is 11.3 Å². The van der Waals surface area contributed by atoms with Gasteiger partial charge in [-0.05, 0) is 36.8 Å². The minimum atomic E-state index is -3.86. The highest BCUT2D eigenvalue weighted by molar-refractivity contribution is 6.01. The number of carbonyl (C=O) groups is 4. The zero-order valence-electron chi connectivity index (χ0n) is 14.5. The predicted molar refractivity (Wildman–Crippen MR) is 83.2 cm³/mol. The Kier molecular flexibility index (Phi) is 3.68. The smallest absolute Gasteiger partial charge is 0.356 e. The van der Waals surface area contributed by atoms with Gasteiger partial charge in [0, 0.05) is 0 Å². The minimum absolute atomic E-state index is 0.630. The van der Waals surface area contributed by atoms with Crippen LogP contribution in [-0.2, 0) is 23.9 Å². The van der Waals surface area contributed by atoms with Gasteiger partial charge < -0.3 is 14.9 Å². The van der Waals surface area contributed by atoms with Crippen LogP contribution < -0.4 is 0 Å². The number of halogens is 4. The topological polar surface area (TPSA) is 118 Å². The zero-order chi connectivity index (χ0) is 21.6. The molecule has 4 bridgehead atoms. The Balaban J connectivity index is 1.68. The Hall–Kier alpha value is -2.72. The predicted octanol–water partition coefficient (Wildman–Crippen LogP) is 1.47. The number of carboxylic acids is 2. The van der Waals surface area contributed by atoms with Crippen molar-refractivity contribution in [3.05, 3.63) is 24.3 Å². The van der Waals surface area contributed by atoms with Gasteiger partial charge in [-0.25, -0.2) is 27.2 Å². The summed E-state index contributed by atoms with van der Waals surface area (Å²) in [5.41, 5.74) is -14.0. The molecule has 4 rings (SSSR count). The number of carboxylic acid groups (broad SMARTS) is 2. The molecule has 7 nitrogen and oxygen atoms in total. The summed E-state index contributed by atoms with van der Waals surface area (Å²) in [4.78, 5) is 47.5. The van der Waals surface area contributed by atoms with Crippen LogP contribution in [0.3, 0.4) is 0 Å². The van der Waals surface area contributed by atoms with Crippen LogP contribution in [0.15, 0.2) is 24.3 Å². The summed E-state index contributed by atoms with van der Waals surface area (Å²) in [5, 5.41) is 18.4. The average Bonchev–Trinajstić information content (AvgIpc) is 3.29. The van der Waals surface area contributed by atoms with E-state index < -0.39 is 83.1 Å². The number of aliphatic carboxylic acids is 2. The van der Waals surface area contributed by atoms with Crippen molar-refractivity contribution in [2.45, 2.75) is 35.5 Å². The van der Waals surface area contributed by atoms with Gasteiger partial charge in [0.05, 0.1) is 0 Å². The Morgan fingerprint density at radius 2 is 1.10 bits per heavy atom. The van der Waals surface area contributed by atoms with E-state index in [9.17, 15) is 38.2 Å². The lowest BCUT2D eigenvalue weighted by Gasteiger charge is -2.36. The number of alkyl halides is 4. The molecule has 0 spiro atoms. The molecule has 0 aromatic rings. The van der Waals surface area contributed by atoms with Gasteiger partial charge in [-0.2, -0.15) is 0 Å². The van der Waals surface area contributed by atoms with Gasteiger partial charge in [0.2, 0.25) is 0 Å². The van der Waals surface area contributed by atoms with E-state index in [1.54, 1.807) is 0 Å². The third-order valence-electron chi connectivity index (χ3n) is 6.52. The van der Waals surface area contributed by atoms with Crippen LogP contribution in [0.5, 0.6) is 0 Å². The highest BCUT2D eigenvalue weighted by Crippen LogP contribution is 2.60. The van der Waals surface area contributed by atoms with E-state index in [4.69, 9.17) is 0 Å². The number of fused-ring (bicyclic) bond motifs is 4. The van der Waals surface area contributed by atoms with Crippen molar-refractivity contribution in [2.24, 2.45) is 23.7 Å². The van der Waals surface area contributed by atoms with Crippen LogP contribution >= 0.6 is 0 Å². The van der Waals surface area contributed by atoms with Gasteiger partial charge >= 0.3 is 23.9 Å². The Labute approximate surface area is 160 Å². The summed E-state index contributed by atoms with van der Waals surface area (Å²) in [6.45, 7) is 0. The van der Waals surface area contributed by atoms with Crippen LogP contribution in [0, 0.1) is 23.7 Å². The van der Waals surface area contributed by atoms with Gasteiger partial charge in [-0.15, -0.1) is 0 Å². The lowest BCUT2D eigenvalue weighted by Crippen LogP contribution is -2.60. The number of rotatable bonds is 4. The van der Waals surface area contributed by atoms with E-state index in [1.165, 1.54) is 0 Å². The summed E-state index contributed by atoms with van der Waals surface area (Å²) in [6, 6.07) is 0. The van der Waals surface area contributed by atoms with E-state index in [2.05, 4.69) is 4.74 Å². The highest BCUT2D eigenvalue weighted by Gasteiger charge is 2.78. The molecule has 0 heterocycles. The lowest BCUT2D eigenvalue weighted by atomic mass is 9.77. The zero-order valence-corrected chi connectivity index (χ0v) is 14.5. The number of esters is 2. The number of ether oxygens (including phenoxy) is 1. The Morgan fingerprint density at radius 3 is 1.41 bits per heavy atom. The molecule has 0 saturated heterocycles. The molecule has 4 aliphatic rings. The number of hydrogen-bond acceptors (Lipinski definition) is 5. The maximum absolute atomic E-state index is 15.4. The Bertz CT molecular complexity index is 846. The second-order valence-corrected chi connectivity index (χ2v) is 7.91. The van der Waals surface area contributed by atoms with Gasteiger partial charge in [-0.1, -0.05) is 12.2 Å². The summed E-state index contributed by atoms with van der Waals surface area (Å²) in [5.74, 6) is -15.3. The van der Waals surface area contributed by atoms with Crippen molar-refractivity contribution in [3.8, 4) is 0 Å².